The van der Waals surface area contributed by atoms with Gasteiger partial charge in [0.15, 0.2) is 0 Å². The predicted molar refractivity (Wildman–Crippen MR) is 7.61 cm³/mol. The Balaban J connectivity index is -0.0000000133. The fourth-order valence-corrected chi connectivity index (χ4v) is 0. The smallest absolute Gasteiger partial charge is 0.822 e. The zero-order valence-corrected chi connectivity index (χ0v) is 13.1. The molecule has 0 rings (SSSR count). The molecule has 0 spiro atoms. The Labute approximate surface area is 98.7 Å². The summed E-state index contributed by atoms with van der Waals surface area (Å²) in [6.07, 6.45) is 0. The van der Waals surface area contributed by atoms with Gasteiger partial charge in [-0.1, -0.05) is 0 Å². The van der Waals surface area contributed by atoms with Gasteiger partial charge in [0.25, 0.3) is 0 Å². The van der Waals surface area contributed by atoms with E-state index in [1.165, 1.54) is 0 Å². The van der Waals surface area contributed by atoms with E-state index < -0.39 is 7.82 Å². The SMILES string of the molecule is O=P([O-])([O-])[O-].[Co+2].[Co+2].[Zn+2].[Zn+2]. The van der Waals surface area contributed by atoms with Gasteiger partial charge >= 0.3 is 72.5 Å². The summed E-state index contributed by atoms with van der Waals surface area (Å²) in [6, 6.07) is 0. The fourth-order valence-electron chi connectivity index (χ4n) is 0. The minimum atomic E-state index is -5.39. The molecule has 0 aromatic rings. The summed E-state index contributed by atoms with van der Waals surface area (Å²) in [5.41, 5.74) is 0. The topological polar surface area (TPSA) is 86.2 Å². The molecule has 9 heavy (non-hydrogen) atoms. The maximum Gasteiger partial charge on any atom is 2.00 e. The largest absolute Gasteiger partial charge is 2.00 e. The second-order valence-electron chi connectivity index (χ2n) is 0.447. The molecule has 0 aliphatic carbocycles. The molecular formula is Co2O4PZn2+5. The van der Waals surface area contributed by atoms with Crippen LogP contribution >= 0.6 is 7.82 Å². The normalized spacial score (nSPS) is 6.56. The van der Waals surface area contributed by atoms with E-state index in [-0.39, 0.29) is 72.5 Å². The summed E-state index contributed by atoms with van der Waals surface area (Å²) in [5, 5.41) is 0. The molecule has 0 aliphatic rings. The second-order valence-corrected chi connectivity index (χ2v) is 1.34. The maximum atomic E-state index is 8.55. The molecule has 0 bridgehead atoms. The van der Waals surface area contributed by atoms with Crippen LogP contribution in [0.5, 0.6) is 0 Å². The van der Waals surface area contributed by atoms with Crippen molar-refractivity contribution in [3.63, 3.8) is 0 Å². The van der Waals surface area contributed by atoms with Crippen LogP contribution in [0.2, 0.25) is 0 Å². The van der Waals surface area contributed by atoms with Gasteiger partial charge < -0.3 is 19.2 Å². The van der Waals surface area contributed by atoms with Crippen molar-refractivity contribution in [3.05, 3.63) is 0 Å². The predicted octanol–water partition coefficient (Wildman–Crippen LogP) is -2.83. The molecule has 4 nitrogen and oxygen atoms in total. The average molecular weight is 344 g/mol. The molecule has 2 radical (unpaired) electrons. The van der Waals surface area contributed by atoms with Gasteiger partial charge in [-0.05, 0) is 0 Å². The Bertz CT molecular complexity index is 62.7. The third-order valence-electron chi connectivity index (χ3n) is 0. The van der Waals surface area contributed by atoms with Crippen LogP contribution in [0.4, 0.5) is 0 Å². The number of hydrogen-bond donors (Lipinski definition) is 0. The number of hydrogen-bond acceptors (Lipinski definition) is 4. The van der Waals surface area contributed by atoms with Crippen LogP contribution in [0, 0.1) is 0 Å². The molecule has 0 heterocycles. The first-order valence-electron chi connectivity index (χ1n) is 0.730. The van der Waals surface area contributed by atoms with Gasteiger partial charge in [-0.2, -0.15) is 7.82 Å². The van der Waals surface area contributed by atoms with Gasteiger partial charge in [0.05, 0.1) is 0 Å². The van der Waals surface area contributed by atoms with Crippen LogP contribution in [0.25, 0.3) is 0 Å². The minimum Gasteiger partial charge on any atom is -0.822 e. The van der Waals surface area contributed by atoms with Gasteiger partial charge in [0.1, 0.15) is 0 Å². The van der Waals surface area contributed by atoms with Crippen LogP contribution in [0.3, 0.4) is 0 Å². The Morgan fingerprint density at radius 3 is 0.889 bits per heavy atom. The molecule has 0 fully saturated rings. The van der Waals surface area contributed by atoms with Crippen molar-refractivity contribution in [2.24, 2.45) is 0 Å². The van der Waals surface area contributed by atoms with Gasteiger partial charge in [-0.15, -0.1) is 0 Å². The van der Waals surface area contributed by atoms with E-state index in [4.69, 9.17) is 19.2 Å². The summed E-state index contributed by atoms with van der Waals surface area (Å²) in [5.74, 6) is 0. The molecule has 0 atom stereocenters. The van der Waals surface area contributed by atoms with Crippen molar-refractivity contribution in [2.75, 3.05) is 0 Å². The first-order valence-corrected chi connectivity index (χ1v) is 2.19. The summed E-state index contributed by atoms with van der Waals surface area (Å²) >= 11 is 0. The minimum absolute atomic E-state index is 0. The molecule has 0 aliphatic heterocycles. The van der Waals surface area contributed by atoms with Crippen molar-refractivity contribution in [3.8, 4) is 0 Å². The number of phosphoric acid groups is 1. The number of rotatable bonds is 0. The standard InChI is InChI=1S/2Co.H3O4P.2Zn/c;;1-5(2,3)4;;/h;;(H3,1,2,3,4);;/q2*+2;;2*+2/p-3. The van der Waals surface area contributed by atoms with Crippen molar-refractivity contribution in [1.82, 2.24) is 0 Å². The molecule has 0 unspecified atom stereocenters. The van der Waals surface area contributed by atoms with E-state index >= 15 is 0 Å². The summed E-state index contributed by atoms with van der Waals surface area (Å²) in [6.45, 7) is 0. The average Bonchev–Trinajstić information content (AvgIpc) is 0.722. The van der Waals surface area contributed by atoms with Crippen molar-refractivity contribution < 1.29 is 91.8 Å². The molecule has 9 heteroatoms. The van der Waals surface area contributed by atoms with E-state index in [2.05, 4.69) is 0 Å². The summed E-state index contributed by atoms with van der Waals surface area (Å²) in [4.78, 5) is 25.6. The Hall–Kier alpha value is 2.37. The molecule has 0 saturated carbocycles. The molecule has 46 valence electrons. The monoisotopic (exact) mass is 341 g/mol. The molecule has 0 saturated heterocycles. The summed E-state index contributed by atoms with van der Waals surface area (Å²) in [7, 11) is -5.39. The van der Waals surface area contributed by atoms with Crippen molar-refractivity contribution >= 4 is 7.82 Å². The molecule has 0 aromatic carbocycles. The molecular weight excluding hydrogens is 344 g/mol. The van der Waals surface area contributed by atoms with Gasteiger partial charge in [0.2, 0.25) is 0 Å². The van der Waals surface area contributed by atoms with Crippen molar-refractivity contribution in [2.45, 2.75) is 0 Å². The van der Waals surface area contributed by atoms with E-state index in [0.29, 0.717) is 0 Å². The fraction of sp³-hybridized carbons (Fsp3) is 0. The third kappa shape index (κ3) is 129. The van der Waals surface area contributed by atoms with Crippen LogP contribution in [-0.4, -0.2) is 0 Å². The van der Waals surface area contributed by atoms with Gasteiger partial charge in [0, 0.05) is 0 Å². The second kappa shape index (κ2) is 13.0. The third-order valence-corrected chi connectivity index (χ3v) is 0. The Kier molecular flexibility index (Phi) is 43.5. The van der Waals surface area contributed by atoms with E-state index in [1.54, 1.807) is 0 Å². The van der Waals surface area contributed by atoms with Crippen LogP contribution in [-0.2, 0) is 77.1 Å². The Morgan fingerprint density at radius 2 is 0.889 bits per heavy atom. The van der Waals surface area contributed by atoms with Gasteiger partial charge in [-0.3, -0.25) is 0 Å². The van der Waals surface area contributed by atoms with Crippen molar-refractivity contribution in [1.29, 1.82) is 0 Å². The van der Waals surface area contributed by atoms with E-state index in [1.807, 2.05) is 0 Å². The van der Waals surface area contributed by atoms with E-state index in [9.17, 15) is 0 Å². The van der Waals surface area contributed by atoms with E-state index in [0.717, 1.165) is 0 Å². The van der Waals surface area contributed by atoms with Crippen LogP contribution < -0.4 is 14.7 Å². The zero-order valence-electron chi connectivity index (χ0n) is 4.16. The first-order chi connectivity index (χ1) is 2.00. The zero-order chi connectivity index (χ0) is 4.50. The maximum absolute atomic E-state index is 8.55. The van der Waals surface area contributed by atoms with Crippen LogP contribution in [0.15, 0.2) is 0 Å². The van der Waals surface area contributed by atoms with Gasteiger partial charge in [-0.25, -0.2) is 0 Å². The molecule has 0 amide bonds. The molecule has 0 aromatic heterocycles. The summed E-state index contributed by atoms with van der Waals surface area (Å²) < 4.78 is 8.55. The quantitative estimate of drug-likeness (QED) is 0.350. The molecule has 0 N–H and O–H groups in total. The van der Waals surface area contributed by atoms with Crippen LogP contribution in [0.1, 0.15) is 0 Å². The first kappa shape index (κ1) is 30.1. The Morgan fingerprint density at radius 1 is 0.889 bits per heavy atom.